The molecule has 1 aromatic carbocycles. The van der Waals surface area contributed by atoms with Crippen molar-refractivity contribution in [3.05, 3.63) is 28.2 Å². The molecular formula is C12H19BrN2O. The van der Waals surface area contributed by atoms with E-state index in [0.29, 0.717) is 6.54 Å². The van der Waals surface area contributed by atoms with Crippen LogP contribution in [0.3, 0.4) is 0 Å². The molecule has 0 fully saturated rings. The van der Waals surface area contributed by atoms with Crippen LogP contribution in [0.25, 0.3) is 0 Å². The summed E-state index contributed by atoms with van der Waals surface area (Å²) in [5, 5.41) is 0. The number of nitrogens with two attached hydrogens (primary N) is 1. The van der Waals surface area contributed by atoms with Crippen molar-refractivity contribution < 1.29 is 4.74 Å². The molecule has 0 heterocycles. The number of hydrogen-bond acceptors (Lipinski definition) is 3. The monoisotopic (exact) mass is 286 g/mol. The summed E-state index contributed by atoms with van der Waals surface area (Å²) in [6.07, 6.45) is 1.03. The Labute approximate surface area is 106 Å². The molecule has 0 saturated carbocycles. The summed E-state index contributed by atoms with van der Waals surface area (Å²) in [5.74, 6) is 0.891. The third-order valence-electron chi connectivity index (χ3n) is 2.26. The van der Waals surface area contributed by atoms with Crippen molar-refractivity contribution in [1.82, 2.24) is 4.90 Å². The first kappa shape index (κ1) is 13.5. The standard InChI is InChI=1S/C12H19BrN2O/c1-15(2)6-3-7-16-11-4-5-12(13)10(8-11)9-14/h4-5,8H,3,6-7,9,14H2,1-2H3. The van der Waals surface area contributed by atoms with Gasteiger partial charge < -0.3 is 15.4 Å². The maximum Gasteiger partial charge on any atom is 0.119 e. The maximum atomic E-state index is 5.65. The minimum atomic E-state index is 0.523. The first-order chi connectivity index (χ1) is 7.63. The lowest BCUT2D eigenvalue weighted by Gasteiger charge is -2.11. The van der Waals surface area contributed by atoms with E-state index >= 15 is 0 Å². The van der Waals surface area contributed by atoms with Crippen molar-refractivity contribution in [2.24, 2.45) is 5.73 Å². The predicted molar refractivity (Wildman–Crippen MR) is 70.7 cm³/mol. The fourth-order valence-electron chi connectivity index (χ4n) is 1.37. The van der Waals surface area contributed by atoms with E-state index in [4.69, 9.17) is 10.5 Å². The molecule has 0 amide bonds. The van der Waals surface area contributed by atoms with Gasteiger partial charge >= 0.3 is 0 Å². The van der Waals surface area contributed by atoms with E-state index in [0.717, 1.165) is 35.4 Å². The van der Waals surface area contributed by atoms with Gasteiger partial charge in [-0.15, -0.1) is 0 Å². The van der Waals surface area contributed by atoms with Gasteiger partial charge in [-0.05, 0) is 44.3 Å². The average Bonchev–Trinajstić information content (AvgIpc) is 2.26. The summed E-state index contributed by atoms with van der Waals surface area (Å²) in [7, 11) is 4.12. The van der Waals surface area contributed by atoms with E-state index in [1.807, 2.05) is 18.2 Å². The lowest BCUT2D eigenvalue weighted by molar-refractivity contribution is 0.281. The summed E-state index contributed by atoms with van der Waals surface area (Å²) in [5.41, 5.74) is 6.70. The molecule has 0 aliphatic carbocycles. The number of rotatable bonds is 6. The number of hydrogen-bond donors (Lipinski definition) is 1. The van der Waals surface area contributed by atoms with Crippen molar-refractivity contribution in [2.45, 2.75) is 13.0 Å². The van der Waals surface area contributed by atoms with E-state index in [1.165, 1.54) is 0 Å². The molecule has 1 aromatic rings. The van der Waals surface area contributed by atoms with Gasteiger partial charge in [-0.3, -0.25) is 0 Å². The zero-order valence-electron chi connectivity index (χ0n) is 9.87. The van der Waals surface area contributed by atoms with Gasteiger partial charge in [0, 0.05) is 17.6 Å². The smallest absolute Gasteiger partial charge is 0.119 e. The highest BCUT2D eigenvalue weighted by atomic mass is 79.9. The van der Waals surface area contributed by atoms with E-state index < -0.39 is 0 Å². The summed E-state index contributed by atoms with van der Waals surface area (Å²) in [4.78, 5) is 2.15. The van der Waals surface area contributed by atoms with Crippen LogP contribution < -0.4 is 10.5 Å². The van der Waals surface area contributed by atoms with Crippen LogP contribution in [-0.4, -0.2) is 32.1 Å². The lowest BCUT2D eigenvalue weighted by atomic mass is 10.2. The average molecular weight is 287 g/mol. The number of halogens is 1. The fourth-order valence-corrected chi connectivity index (χ4v) is 1.78. The second-order valence-corrected chi connectivity index (χ2v) is 4.82. The van der Waals surface area contributed by atoms with E-state index in [-0.39, 0.29) is 0 Å². The maximum absolute atomic E-state index is 5.65. The molecule has 0 atom stereocenters. The normalized spacial score (nSPS) is 10.8. The molecule has 16 heavy (non-hydrogen) atoms. The highest BCUT2D eigenvalue weighted by Gasteiger charge is 2.00. The van der Waals surface area contributed by atoms with Crippen molar-refractivity contribution in [1.29, 1.82) is 0 Å². The molecule has 3 nitrogen and oxygen atoms in total. The van der Waals surface area contributed by atoms with Crippen molar-refractivity contribution >= 4 is 15.9 Å². The molecule has 0 aliphatic rings. The first-order valence-electron chi connectivity index (χ1n) is 5.39. The zero-order chi connectivity index (χ0) is 12.0. The predicted octanol–water partition coefficient (Wildman–Crippen LogP) is 2.24. The van der Waals surface area contributed by atoms with E-state index in [9.17, 15) is 0 Å². The van der Waals surface area contributed by atoms with Crippen LogP contribution in [-0.2, 0) is 6.54 Å². The number of ether oxygens (including phenoxy) is 1. The summed E-state index contributed by atoms with van der Waals surface area (Å²) >= 11 is 3.45. The minimum absolute atomic E-state index is 0.523. The Morgan fingerprint density at radius 1 is 1.38 bits per heavy atom. The molecule has 0 saturated heterocycles. The topological polar surface area (TPSA) is 38.5 Å². The van der Waals surface area contributed by atoms with Crippen LogP contribution in [0.5, 0.6) is 5.75 Å². The third-order valence-corrected chi connectivity index (χ3v) is 3.03. The van der Waals surface area contributed by atoms with Gasteiger partial charge in [0.05, 0.1) is 6.61 Å². The highest BCUT2D eigenvalue weighted by Crippen LogP contribution is 2.22. The number of nitrogens with zero attached hydrogens (tertiary/aromatic N) is 1. The van der Waals surface area contributed by atoms with E-state index in [1.54, 1.807) is 0 Å². The van der Waals surface area contributed by atoms with Crippen LogP contribution in [0.2, 0.25) is 0 Å². The van der Waals surface area contributed by atoms with Crippen molar-refractivity contribution in [2.75, 3.05) is 27.2 Å². The third kappa shape index (κ3) is 4.51. The Bertz CT molecular complexity index is 329. The van der Waals surface area contributed by atoms with Crippen LogP contribution in [0.4, 0.5) is 0 Å². The van der Waals surface area contributed by atoms with Gasteiger partial charge in [0.15, 0.2) is 0 Å². The molecule has 0 spiro atoms. The van der Waals surface area contributed by atoms with Crippen LogP contribution in [0, 0.1) is 0 Å². The Hall–Kier alpha value is -0.580. The van der Waals surface area contributed by atoms with Crippen LogP contribution >= 0.6 is 15.9 Å². The Morgan fingerprint density at radius 3 is 2.75 bits per heavy atom. The van der Waals surface area contributed by atoms with Gasteiger partial charge in [0.2, 0.25) is 0 Å². The van der Waals surface area contributed by atoms with Gasteiger partial charge in [-0.2, -0.15) is 0 Å². The molecule has 90 valence electrons. The van der Waals surface area contributed by atoms with Crippen molar-refractivity contribution in [3.8, 4) is 5.75 Å². The van der Waals surface area contributed by atoms with E-state index in [2.05, 4.69) is 34.9 Å². The summed E-state index contributed by atoms with van der Waals surface area (Å²) in [6, 6.07) is 5.92. The molecule has 0 aliphatic heterocycles. The van der Waals surface area contributed by atoms with Gasteiger partial charge in [-0.1, -0.05) is 15.9 Å². The lowest BCUT2D eigenvalue weighted by Crippen LogP contribution is -2.15. The Morgan fingerprint density at radius 2 is 2.12 bits per heavy atom. The van der Waals surface area contributed by atoms with Gasteiger partial charge in [0.25, 0.3) is 0 Å². The molecular weight excluding hydrogens is 268 g/mol. The molecule has 0 aromatic heterocycles. The zero-order valence-corrected chi connectivity index (χ0v) is 11.5. The largest absolute Gasteiger partial charge is 0.494 e. The quantitative estimate of drug-likeness (QED) is 0.815. The second kappa shape index (κ2) is 6.89. The summed E-state index contributed by atoms with van der Waals surface area (Å²) in [6.45, 7) is 2.31. The first-order valence-corrected chi connectivity index (χ1v) is 6.19. The highest BCUT2D eigenvalue weighted by molar-refractivity contribution is 9.10. The van der Waals surface area contributed by atoms with Crippen LogP contribution in [0.1, 0.15) is 12.0 Å². The summed E-state index contributed by atoms with van der Waals surface area (Å²) < 4.78 is 6.69. The molecule has 4 heteroatoms. The Balaban J connectivity index is 2.42. The van der Waals surface area contributed by atoms with Crippen LogP contribution in [0.15, 0.2) is 22.7 Å². The van der Waals surface area contributed by atoms with Gasteiger partial charge in [0.1, 0.15) is 5.75 Å². The number of benzene rings is 1. The van der Waals surface area contributed by atoms with Crippen molar-refractivity contribution in [3.63, 3.8) is 0 Å². The minimum Gasteiger partial charge on any atom is -0.494 e. The molecule has 2 N–H and O–H groups in total. The van der Waals surface area contributed by atoms with Gasteiger partial charge in [-0.25, -0.2) is 0 Å². The molecule has 0 bridgehead atoms. The second-order valence-electron chi connectivity index (χ2n) is 3.96. The fraction of sp³-hybridized carbons (Fsp3) is 0.500. The molecule has 0 unspecified atom stereocenters. The molecule has 1 rings (SSSR count). The SMILES string of the molecule is CN(C)CCCOc1ccc(Br)c(CN)c1. The molecule has 0 radical (unpaired) electrons. The Kier molecular flexibility index (Phi) is 5.80.